The average molecular weight is 320 g/mol. The van der Waals surface area contributed by atoms with Gasteiger partial charge in [0.05, 0.1) is 15.9 Å². The second-order valence-electron chi connectivity index (χ2n) is 4.41. The number of H-pyrrole nitrogens is 1. The van der Waals surface area contributed by atoms with Crippen molar-refractivity contribution in [2.24, 2.45) is 5.14 Å². The molecule has 0 atom stereocenters. The van der Waals surface area contributed by atoms with Gasteiger partial charge in [-0.1, -0.05) is 23.9 Å². The average Bonchev–Trinajstić information content (AvgIpc) is 2.82. The Hall–Kier alpha value is -2.03. The number of primary sulfonamides is 1. The first kappa shape index (κ1) is 13.9. The van der Waals surface area contributed by atoms with Crippen molar-refractivity contribution in [1.82, 2.24) is 9.97 Å². The summed E-state index contributed by atoms with van der Waals surface area (Å²) in [6.07, 6.45) is 0. The summed E-state index contributed by atoms with van der Waals surface area (Å²) in [5, 5.41) is 5.82. The Morgan fingerprint density at radius 1 is 1.14 bits per heavy atom. The van der Waals surface area contributed by atoms with Gasteiger partial charge in [0.2, 0.25) is 10.0 Å². The number of imidazole rings is 1. The van der Waals surface area contributed by atoms with E-state index in [4.69, 9.17) is 10.9 Å². The molecule has 0 aliphatic carbocycles. The molecule has 8 heteroatoms. The predicted molar refractivity (Wildman–Crippen MR) is 82.4 cm³/mol. The summed E-state index contributed by atoms with van der Waals surface area (Å²) in [6, 6.07) is 12.1. The van der Waals surface area contributed by atoms with E-state index in [2.05, 4.69) is 9.97 Å². The van der Waals surface area contributed by atoms with E-state index >= 15 is 0 Å². The molecular weight excluding hydrogens is 308 g/mol. The lowest BCUT2D eigenvalue weighted by Gasteiger charge is -2.06. The Morgan fingerprint density at radius 2 is 1.90 bits per heavy atom. The number of nitrogens with zero attached hydrogens (tertiary/aromatic N) is 1. The van der Waals surface area contributed by atoms with E-state index in [1.165, 1.54) is 17.8 Å². The van der Waals surface area contributed by atoms with Crippen molar-refractivity contribution in [3.63, 3.8) is 0 Å². The summed E-state index contributed by atoms with van der Waals surface area (Å²) < 4.78 is 23.3. The van der Waals surface area contributed by atoms with Crippen LogP contribution in [0.3, 0.4) is 0 Å². The minimum Gasteiger partial charge on any atom is -0.399 e. The predicted octanol–water partition coefficient (Wildman–Crippen LogP) is 1.94. The van der Waals surface area contributed by atoms with E-state index in [0.717, 1.165) is 11.0 Å². The summed E-state index contributed by atoms with van der Waals surface area (Å²) in [7, 11) is -3.85. The Bertz CT molecular complexity index is 886. The lowest BCUT2D eigenvalue weighted by molar-refractivity contribution is 0.596. The van der Waals surface area contributed by atoms with Gasteiger partial charge in [-0.05, 0) is 30.3 Å². The van der Waals surface area contributed by atoms with E-state index < -0.39 is 10.0 Å². The maximum atomic E-state index is 11.6. The third-order valence-corrected chi connectivity index (χ3v) is 4.89. The van der Waals surface area contributed by atoms with Crippen LogP contribution in [0.2, 0.25) is 0 Å². The normalized spacial score (nSPS) is 11.9. The lowest BCUT2D eigenvalue weighted by atomic mass is 10.3. The van der Waals surface area contributed by atoms with Crippen molar-refractivity contribution in [1.29, 1.82) is 0 Å². The first-order valence-corrected chi connectivity index (χ1v) is 8.35. The first-order valence-electron chi connectivity index (χ1n) is 5.98. The molecule has 0 unspecified atom stereocenters. The molecule has 0 aliphatic heterocycles. The van der Waals surface area contributed by atoms with Gasteiger partial charge >= 0.3 is 0 Å². The molecule has 0 fully saturated rings. The second kappa shape index (κ2) is 5.06. The van der Waals surface area contributed by atoms with Gasteiger partial charge in [-0.15, -0.1) is 0 Å². The number of nitrogen functional groups attached to an aromatic ring is 1. The van der Waals surface area contributed by atoms with Crippen molar-refractivity contribution in [2.45, 2.75) is 14.9 Å². The number of rotatable bonds is 3. The molecule has 3 aromatic rings. The van der Waals surface area contributed by atoms with Gasteiger partial charge in [0.15, 0.2) is 5.16 Å². The quantitative estimate of drug-likeness (QED) is 0.638. The van der Waals surface area contributed by atoms with Crippen molar-refractivity contribution in [2.75, 3.05) is 5.73 Å². The highest BCUT2D eigenvalue weighted by atomic mass is 32.2. The Labute approximate surface area is 125 Å². The van der Waals surface area contributed by atoms with Crippen LogP contribution in [-0.4, -0.2) is 18.4 Å². The second-order valence-corrected chi connectivity index (χ2v) is 6.97. The zero-order valence-electron chi connectivity index (χ0n) is 10.8. The highest BCUT2D eigenvalue weighted by Crippen LogP contribution is 2.32. The van der Waals surface area contributed by atoms with Crippen LogP contribution in [0.1, 0.15) is 0 Å². The molecule has 0 saturated carbocycles. The van der Waals surface area contributed by atoms with Crippen LogP contribution in [0.25, 0.3) is 11.0 Å². The number of aromatic nitrogens is 2. The molecule has 108 valence electrons. The van der Waals surface area contributed by atoms with E-state index in [1.807, 2.05) is 24.3 Å². The first-order chi connectivity index (χ1) is 9.93. The van der Waals surface area contributed by atoms with Crippen LogP contribution >= 0.6 is 11.8 Å². The zero-order valence-corrected chi connectivity index (χ0v) is 12.4. The SMILES string of the molecule is Nc1ccc(Sc2nc3ccccc3[nH]2)c(S(N)(=O)=O)c1. The molecule has 1 aromatic heterocycles. The summed E-state index contributed by atoms with van der Waals surface area (Å²) >= 11 is 1.19. The van der Waals surface area contributed by atoms with Gasteiger partial charge in [-0.2, -0.15) is 0 Å². The van der Waals surface area contributed by atoms with Gasteiger partial charge in [0.1, 0.15) is 0 Å². The van der Waals surface area contributed by atoms with E-state index in [1.54, 1.807) is 12.1 Å². The minimum atomic E-state index is -3.85. The number of fused-ring (bicyclic) bond motifs is 1. The van der Waals surface area contributed by atoms with Crippen LogP contribution in [0.15, 0.2) is 57.4 Å². The number of anilines is 1. The summed E-state index contributed by atoms with van der Waals surface area (Å²) in [5.41, 5.74) is 7.66. The number of sulfonamides is 1. The monoisotopic (exact) mass is 320 g/mol. The van der Waals surface area contributed by atoms with Crippen LogP contribution in [0.4, 0.5) is 5.69 Å². The number of benzene rings is 2. The molecule has 0 saturated heterocycles. The Kier molecular flexibility index (Phi) is 3.36. The third-order valence-electron chi connectivity index (χ3n) is 2.85. The molecule has 6 nitrogen and oxygen atoms in total. The van der Waals surface area contributed by atoms with Crippen LogP contribution < -0.4 is 10.9 Å². The maximum Gasteiger partial charge on any atom is 0.239 e. The van der Waals surface area contributed by atoms with Crippen molar-refractivity contribution < 1.29 is 8.42 Å². The molecule has 0 spiro atoms. The number of aromatic amines is 1. The standard InChI is InChI=1S/C13H12N4O2S2/c14-8-5-6-11(12(7-8)21(15,18)19)20-13-16-9-3-1-2-4-10(9)17-13/h1-7H,14H2,(H,16,17)(H2,15,18,19). The van der Waals surface area contributed by atoms with Crippen LogP contribution in [0, 0.1) is 0 Å². The van der Waals surface area contributed by atoms with Crippen LogP contribution in [0.5, 0.6) is 0 Å². The number of hydrogen-bond acceptors (Lipinski definition) is 5. The van der Waals surface area contributed by atoms with Gasteiger partial charge in [0, 0.05) is 10.6 Å². The summed E-state index contributed by atoms with van der Waals surface area (Å²) in [6.45, 7) is 0. The Morgan fingerprint density at radius 3 is 2.62 bits per heavy atom. The van der Waals surface area contributed by atoms with Crippen molar-refractivity contribution >= 4 is 38.5 Å². The molecule has 3 rings (SSSR count). The fraction of sp³-hybridized carbons (Fsp3) is 0. The van der Waals surface area contributed by atoms with Crippen molar-refractivity contribution in [3.05, 3.63) is 42.5 Å². The van der Waals surface area contributed by atoms with Gasteiger partial charge in [0.25, 0.3) is 0 Å². The molecule has 0 bridgehead atoms. The van der Waals surface area contributed by atoms with E-state index in [0.29, 0.717) is 15.7 Å². The summed E-state index contributed by atoms with van der Waals surface area (Å²) in [4.78, 5) is 7.99. The lowest BCUT2D eigenvalue weighted by Crippen LogP contribution is -2.13. The van der Waals surface area contributed by atoms with E-state index in [-0.39, 0.29) is 4.90 Å². The van der Waals surface area contributed by atoms with E-state index in [9.17, 15) is 8.42 Å². The fourth-order valence-corrected chi connectivity index (χ4v) is 3.84. The number of nitrogens with two attached hydrogens (primary N) is 2. The maximum absolute atomic E-state index is 11.6. The highest BCUT2D eigenvalue weighted by Gasteiger charge is 2.16. The minimum absolute atomic E-state index is 0.00652. The highest BCUT2D eigenvalue weighted by molar-refractivity contribution is 8.00. The smallest absolute Gasteiger partial charge is 0.239 e. The number of nitrogens with one attached hydrogen (secondary N) is 1. The van der Waals surface area contributed by atoms with Gasteiger partial charge in [-0.25, -0.2) is 18.5 Å². The molecular formula is C13H12N4O2S2. The number of para-hydroxylation sites is 2. The third kappa shape index (κ3) is 2.87. The molecule has 0 aliphatic rings. The molecule has 0 radical (unpaired) electrons. The van der Waals surface area contributed by atoms with Crippen molar-refractivity contribution in [3.8, 4) is 0 Å². The zero-order chi connectivity index (χ0) is 15.0. The largest absolute Gasteiger partial charge is 0.399 e. The molecule has 2 aromatic carbocycles. The molecule has 5 N–H and O–H groups in total. The molecule has 1 heterocycles. The van der Waals surface area contributed by atoms with Crippen LogP contribution in [-0.2, 0) is 10.0 Å². The topological polar surface area (TPSA) is 115 Å². The fourth-order valence-electron chi connectivity index (χ4n) is 1.91. The Balaban J connectivity index is 2.05. The number of hydrogen-bond donors (Lipinski definition) is 3. The molecule has 0 amide bonds. The van der Waals surface area contributed by atoms with Gasteiger partial charge < -0.3 is 10.7 Å². The molecule has 21 heavy (non-hydrogen) atoms. The van der Waals surface area contributed by atoms with Gasteiger partial charge in [-0.3, -0.25) is 0 Å². The summed E-state index contributed by atoms with van der Waals surface area (Å²) in [5.74, 6) is 0.